The molecule has 10 heteroatoms. The van der Waals surface area contributed by atoms with Crippen molar-refractivity contribution in [2.24, 2.45) is 33.9 Å². The Labute approximate surface area is 342 Å². The molecule has 5 aromatic carbocycles. The molecule has 6 atom stereocenters. The van der Waals surface area contributed by atoms with Crippen LogP contribution in [0.5, 0.6) is 11.5 Å². The quantitative estimate of drug-likeness (QED) is 0.0946. The molecule has 9 rings (SSSR count). The first-order chi connectivity index (χ1) is 28.6. The van der Waals surface area contributed by atoms with Crippen LogP contribution in [-0.4, -0.2) is 49.7 Å². The highest BCUT2D eigenvalue weighted by Gasteiger charge is 2.66. The minimum absolute atomic E-state index is 0.111. The van der Waals surface area contributed by atoms with Crippen molar-refractivity contribution < 1.29 is 29.0 Å². The van der Waals surface area contributed by atoms with Crippen molar-refractivity contribution in [1.29, 1.82) is 0 Å². The molecule has 0 spiro atoms. The van der Waals surface area contributed by atoms with Gasteiger partial charge in [0, 0.05) is 37.2 Å². The number of aromatic hydroxyl groups is 1. The van der Waals surface area contributed by atoms with Crippen LogP contribution in [0, 0.1) is 23.7 Å². The van der Waals surface area contributed by atoms with Gasteiger partial charge in [0.2, 0.25) is 11.8 Å². The van der Waals surface area contributed by atoms with Crippen LogP contribution in [0.25, 0.3) is 5.57 Å². The molecule has 2 fully saturated rings. The molecule has 294 valence electrons. The van der Waals surface area contributed by atoms with E-state index in [4.69, 9.17) is 4.74 Å². The normalized spacial score (nSPS) is 24.9. The van der Waals surface area contributed by atoms with Gasteiger partial charge in [-0.15, -0.1) is 0 Å². The van der Waals surface area contributed by atoms with Gasteiger partial charge in [-0.05, 0) is 102 Å². The highest BCUT2D eigenvalue weighted by Crippen LogP contribution is 2.64. The summed E-state index contributed by atoms with van der Waals surface area (Å²) in [7, 11) is 5.40. The molecule has 0 aromatic heterocycles. The number of anilines is 2. The third-order valence-corrected chi connectivity index (χ3v) is 12.7. The van der Waals surface area contributed by atoms with Gasteiger partial charge in [0.05, 0.1) is 41.4 Å². The second-order valence-corrected chi connectivity index (χ2v) is 15.9. The van der Waals surface area contributed by atoms with Crippen LogP contribution in [-0.2, 0) is 24.6 Å². The largest absolute Gasteiger partial charge is 0.504 e. The van der Waals surface area contributed by atoms with Gasteiger partial charge < -0.3 is 14.7 Å². The molecule has 0 radical (unpaired) electrons. The van der Waals surface area contributed by atoms with E-state index in [9.17, 15) is 14.7 Å². The SMILES string of the molecule is COc1ccc(C2C3=CCC4C(=O)N(c5ccc(N=Nc6ccc(N(C)C)cc6)cc5)C(=O)C4C3CC3C(=O)C(c4ccccc4)=CC(=O)C32c2ccccc2)cc1O. The van der Waals surface area contributed by atoms with Gasteiger partial charge in [-0.1, -0.05) is 78.4 Å². The van der Waals surface area contributed by atoms with Gasteiger partial charge in [0.1, 0.15) is 0 Å². The van der Waals surface area contributed by atoms with Crippen LogP contribution < -0.4 is 14.5 Å². The molecule has 3 aliphatic carbocycles. The summed E-state index contributed by atoms with van der Waals surface area (Å²) in [6.07, 6.45) is 3.95. The summed E-state index contributed by atoms with van der Waals surface area (Å²) in [5.74, 6) is -4.56. The number of nitrogens with zero attached hydrogens (tertiary/aromatic N) is 4. The van der Waals surface area contributed by atoms with Gasteiger partial charge in [-0.25, -0.2) is 0 Å². The number of hydrogen-bond acceptors (Lipinski definition) is 9. The topological polar surface area (TPSA) is 129 Å². The first-order valence-corrected chi connectivity index (χ1v) is 19.8. The van der Waals surface area contributed by atoms with E-state index in [0.29, 0.717) is 39.3 Å². The number of carbonyl (C=O) groups is 4. The molecule has 1 heterocycles. The monoisotopic (exact) mass is 782 g/mol. The van der Waals surface area contributed by atoms with Gasteiger partial charge in [-0.2, -0.15) is 10.2 Å². The first kappa shape index (κ1) is 37.6. The van der Waals surface area contributed by atoms with Gasteiger partial charge in [-0.3, -0.25) is 24.1 Å². The van der Waals surface area contributed by atoms with Gasteiger partial charge >= 0.3 is 0 Å². The van der Waals surface area contributed by atoms with E-state index in [1.165, 1.54) is 18.1 Å². The third-order valence-electron chi connectivity index (χ3n) is 12.7. The zero-order chi connectivity index (χ0) is 41.0. The number of rotatable bonds is 8. The Kier molecular flexibility index (Phi) is 9.42. The molecule has 4 aliphatic rings. The summed E-state index contributed by atoms with van der Waals surface area (Å²) in [5, 5.41) is 19.9. The number of allylic oxidation sites excluding steroid dienone is 4. The van der Waals surface area contributed by atoms with Crippen LogP contribution in [0.2, 0.25) is 0 Å². The lowest BCUT2D eigenvalue weighted by Crippen LogP contribution is -2.58. The Morgan fingerprint density at radius 2 is 1.41 bits per heavy atom. The fourth-order valence-corrected chi connectivity index (χ4v) is 9.99. The van der Waals surface area contributed by atoms with E-state index < -0.39 is 35.0 Å². The molecule has 5 aromatic rings. The van der Waals surface area contributed by atoms with E-state index in [1.807, 2.05) is 116 Å². The van der Waals surface area contributed by atoms with Crippen molar-refractivity contribution in [3.05, 3.63) is 162 Å². The van der Waals surface area contributed by atoms with E-state index in [0.717, 1.165) is 11.3 Å². The molecule has 1 saturated carbocycles. The number of azo groups is 1. The molecule has 59 heavy (non-hydrogen) atoms. The molecule has 1 N–H and O–H groups in total. The van der Waals surface area contributed by atoms with Crippen molar-refractivity contribution >= 4 is 51.7 Å². The summed E-state index contributed by atoms with van der Waals surface area (Å²) < 4.78 is 5.40. The van der Waals surface area contributed by atoms with Crippen molar-refractivity contribution in [3.8, 4) is 11.5 Å². The average molecular weight is 783 g/mol. The minimum atomic E-state index is -1.41. The number of fused-ring (bicyclic) bond motifs is 4. The van der Waals surface area contributed by atoms with Gasteiger partial charge in [0.15, 0.2) is 23.1 Å². The number of hydrogen-bond donors (Lipinski definition) is 1. The highest BCUT2D eigenvalue weighted by atomic mass is 16.5. The number of imide groups is 1. The lowest BCUT2D eigenvalue weighted by molar-refractivity contribution is -0.135. The van der Waals surface area contributed by atoms with E-state index >= 15 is 9.59 Å². The molecular weight excluding hydrogens is 741 g/mol. The van der Waals surface area contributed by atoms with Crippen molar-refractivity contribution in [1.82, 2.24) is 0 Å². The number of ketones is 2. The van der Waals surface area contributed by atoms with E-state index in [1.54, 1.807) is 36.4 Å². The lowest BCUT2D eigenvalue weighted by Gasteiger charge is -2.55. The summed E-state index contributed by atoms with van der Waals surface area (Å²) >= 11 is 0. The fourth-order valence-electron chi connectivity index (χ4n) is 9.99. The second kappa shape index (κ2) is 14.8. The Hall–Kier alpha value is -6.94. The molecule has 0 bridgehead atoms. The number of benzene rings is 5. The Morgan fingerprint density at radius 1 is 0.763 bits per heavy atom. The number of ether oxygens (including phenoxy) is 1. The van der Waals surface area contributed by atoms with E-state index in [2.05, 4.69) is 10.2 Å². The van der Waals surface area contributed by atoms with Crippen LogP contribution in [0.15, 0.2) is 155 Å². The maximum absolute atomic E-state index is 15.2. The smallest absolute Gasteiger partial charge is 0.238 e. The predicted octanol–water partition coefficient (Wildman–Crippen LogP) is 8.91. The first-order valence-electron chi connectivity index (χ1n) is 19.8. The lowest BCUT2D eigenvalue weighted by atomic mass is 9.44. The Balaban J connectivity index is 1.12. The van der Waals surface area contributed by atoms with E-state index in [-0.39, 0.29) is 47.7 Å². The van der Waals surface area contributed by atoms with Crippen LogP contribution >= 0.6 is 0 Å². The maximum atomic E-state index is 15.2. The Morgan fingerprint density at radius 3 is 2.03 bits per heavy atom. The number of Topliss-reactive ketones (excluding diaryl/α,β-unsaturated/α-hetero) is 1. The van der Waals surface area contributed by atoms with Crippen molar-refractivity contribution in [2.75, 3.05) is 31.0 Å². The summed E-state index contributed by atoms with van der Waals surface area (Å²) in [6.45, 7) is 0. The number of phenols is 1. The zero-order valence-corrected chi connectivity index (χ0v) is 32.9. The van der Waals surface area contributed by atoms with Crippen molar-refractivity contribution in [3.63, 3.8) is 0 Å². The molecule has 1 aliphatic heterocycles. The zero-order valence-electron chi connectivity index (χ0n) is 32.9. The summed E-state index contributed by atoms with van der Waals surface area (Å²) in [6, 6.07) is 38.2. The molecule has 6 unspecified atom stereocenters. The molecular formula is C49H42N4O6. The van der Waals surface area contributed by atoms with Crippen LogP contribution in [0.3, 0.4) is 0 Å². The molecule has 2 amide bonds. The fraction of sp³-hybridized carbons (Fsp3) is 0.224. The number of phenolic OH excluding ortho intramolecular Hbond substituents is 1. The second-order valence-electron chi connectivity index (χ2n) is 15.9. The number of amides is 2. The number of methoxy groups -OCH3 is 1. The van der Waals surface area contributed by atoms with Crippen LogP contribution in [0.4, 0.5) is 22.7 Å². The standard InChI is InChI=1S/C49H42N4O6/c1-52(2)34-19-15-32(16-20-34)50-51-33-17-21-35(22-18-33)53-47(57)37-24-23-36-39(44(37)48(53)58)27-40-46(56)38(29-10-6-4-7-11-29)28-43(55)49(40,31-12-8-5-9-13-31)45(36)30-14-25-42(59-3)41(54)26-30/h4-23,25-26,28,37,39-40,44-45,54H,24,27H2,1-3H3. The van der Waals surface area contributed by atoms with Crippen molar-refractivity contribution in [2.45, 2.75) is 24.2 Å². The van der Waals surface area contributed by atoms with Crippen LogP contribution in [0.1, 0.15) is 35.4 Å². The maximum Gasteiger partial charge on any atom is 0.238 e. The Bertz CT molecular complexity index is 2580. The average Bonchev–Trinajstić information content (AvgIpc) is 3.52. The summed E-state index contributed by atoms with van der Waals surface area (Å²) in [5.41, 5.74) is 4.36. The summed E-state index contributed by atoms with van der Waals surface area (Å²) in [4.78, 5) is 62.8. The van der Waals surface area contributed by atoms with Gasteiger partial charge in [0.25, 0.3) is 0 Å². The third kappa shape index (κ3) is 6.09. The number of carbonyl (C=O) groups excluding carboxylic acids is 4. The molecule has 10 nitrogen and oxygen atoms in total. The predicted molar refractivity (Wildman–Crippen MR) is 225 cm³/mol. The molecule has 1 saturated heterocycles. The minimum Gasteiger partial charge on any atom is -0.504 e. The highest BCUT2D eigenvalue weighted by molar-refractivity contribution is 6.32.